The molecule has 0 saturated carbocycles. The number of benzene rings is 2. The van der Waals surface area contributed by atoms with E-state index in [1.165, 1.54) is 12.1 Å². The molecular formula is C15H15ClN2O3. The summed E-state index contributed by atoms with van der Waals surface area (Å²) in [6, 6.07) is 12.3. The molecule has 0 aromatic heterocycles. The fourth-order valence-corrected chi connectivity index (χ4v) is 2.07. The predicted octanol–water partition coefficient (Wildman–Crippen LogP) is 4.26. The van der Waals surface area contributed by atoms with Crippen molar-refractivity contribution in [3.63, 3.8) is 0 Å². The van der Waals surface area contributed by atoms with Gasteiger partial charge in [-0.2, -0.15) is 0 Å². The van der Waals surface area contributed by atoms with Crippen molar-refractivity contribution in [2.24, 2.45) is 0 Å². The average Bonchev–Trinajstić information content (AvgIpc) is 2.47. The lowest BCUT2D eigenvalue weighted by molar-refractivity contribution is -0.384. The van der Waals surface area contributed by atoms with E-state index in [4.69, 9.17) is 16.3 Å². The number of rotatable bonds is 6. The maximum Gasteiger partial charge on any atom is 0.289 e. The normalized spacial score (nSPS) is 10.2. The van der Waals surface area contributed by atoms with E-state index in [9.17, 15) is 10.1 Å². The van der Waals surface area contributed by atoms with Crippen molar-refractivity contribution in [1.29, 1.82) is 0 Å². The zero-order valence-electron chi connectivity index (χ0n) is 11.5. The van der Waals surface area contributed by atoms with Gasteiger partial charge < -0.3 is 10.1 Å². The lowest BCUT2D eigenvalue weighted by atomic mass is 10.2. The lowest BCUT2D eigenvalue weighted by Crippen LogP contribution is -2.01. The van der Waals surface area contributed by atoms with Crippen LogP contribution in [0.4, 0.5) is 11.4 Å². The molecule has 0 spiro atoms. The highest BCUT2D eigenvalue weighted by Gasteiger charge is 2.12. The van der Waals surface area contributed by atoms with Crippen LogP contribution in [0.2, 0.25) is 5.02 Å². The smallest absolute Gasteiger partial charge is 0.289 e. The minimum absolute atomic E-state index is 0.107. The third kappa shape index (κ3) is 4.10. The molecule has 0 unspecified atom stereocenters. The molecule has 0 aliphatic rings. The van der Waals surface area contributed by atoms with Crippen LogP contribution in [-0.2, 0) is 6.54 Å². The van der Waals surface area contributed by atoms with Gasteiger partial charge in [0, 0.05) is 18.3 Å². The van der Waals surface area contributed by atoms with Crippen LogP contribution in [-0.4, -0.2) is 11.5 Å². The predicted molar refractivity (Wildman–Crippen MR) is 83.0 cm³/mol. The van der Waals surface area contributed by atoms with Crippen LogP contribution in [0.3, 0.4) is 0 Å². The molecule has 110 valence electrons. The molecule has 21 heavy (non-hydrogen) atoms. The van der Waals surface area contributed by atoms with Crippen LogP contribution in [0.5, 0.6) is 5.75 Å². The molecule has 2 aromatic rings. The van der Waals surface area contributed by atoms with Crippen LogP contribution in [0.15, 0.2) is 42.5 Å². The molecule has 0 saturated heterocycles. The summed E-state index contributed by atoms with van der Waals surface area (Å²) in [5.74, 6) is 0.805. The first-order chi connectivity index (χ1) is 10.1. The van der Waals surface area contributed by atoms with Gasteiger partial charge >= 0.3 is 0 Å². The molecule has 0 fully saturated rings. The quantitative estimate of drug-likeness (QED) is 0.640. The van der Waals surface area contributed by atoms with Gasteiger partial charge in [-0.25, -0.2) is 0 Å². The zero-order chi connectivity index (χ0) is 15.2. The van der Waals surface area contributed by atoms with Crippen molar-refractivity contribution in [3.05, 3.63) is 63.2 Å². The van der Waals surface area contributed by atoms with Gasteiger partial charge in [0.05, 0.1) is 11.5 Å². The van der Waals surface area contributed by atoms with Gasteiger partial charge in [0.15, 0.2) is 0 Å². The third-order valence-electron chi connectivity index (χ3n) is 2.85. The van der Waals surface area contributed by atoms with Gasteiger partial charge in [-0.15, -0.1) is 0 Å². The van der Waals surface area contributed by atoms with Gasteiger partial charge in [0.25, 0.3) is 5.69 Å². The van der Waals surface area contributed by atoms with Crippen molar-refractivity contribution in [2.45, 2.75) is 13.5 Å². The molecule has 0 bridgehead atoms. The van der Waals surface area contributed by atoms with Gasteiger partial charge in [0.2, 0.25) is 0 Å². The molecule has 0 amide bonds. The first-order valence-corrected chi connectivity index (χ1v) is 6.87. The van der Waals surface area contributed by atoms with Crippen molar-refractivity contribution >= 4 is 23.0 Å². The number of hydrogen-bond acceptors (Lipinski definition) is 4. The first kappa shape index (κ1) is 15.1. The fourth-order valence-electron chi connectivity index (χ4n) is 1.88. The van der Waals surface area contributed by atoms with Crippen LogP contribution in [0, 0.1) is 10.1 Å². The molecule has 2 rings (SSSR count). The summed E-state index contributed by atoms with van der Waals surface area (Å²) in [6.07, 6.45) is 0. The number of nitro groups is 1. The van der Waals surface area contributed by atoms with Gasteiger partial charge in [0.1, 0.15) is 10.8 Å². The first-order valence-electron chi connectivity index (χ1n) is 6.49. The average molecular weight is 307 g/mol. The number of nitrogens with zero attached hydrogens (tertiary/aromatic N) is 1. The van der Waals surface area contributed by atoms with E-state index in [0.29, 0.717) is 18.8 Å². The van der Waals surface area contributed by atoms with Crippen LogP contribution in [0.25, 0.3) is 0 Å². The Hall–Kier alpha value is -2.27. The molecule has 0 radical (unpaired) electrons. The standard InChI is InChI=1S/C15H15ClN2O3/c1-2-21-13-5-3-4-11(8-13)10-17-12-6-7-14(16)15(9-12)18(19)20/h3-9,17H,2,10H2,1H3. The molecule has 6 heteroatoms. The summed E-state index contributed by atoms with van der Waals surface area (Å²) < 4.78 is 5.43. The second-order valence-corrected chi connectivity index (χ2v) is 4.76. The van der Waals surface area contributed by atoms with Crippen LogP contribution < -0.4 is 10.1 Å². The number of hydrogen-bond donors (Lipinski definition) is 1. The summed E-state index contributed by atoms with van der Waals surface area (Å²) in [5.41, 5.74) is 1.57. The lowest BCUT2D eigenvalue weighted by Gasteiger charge is -2.09. The van der Waals surface area contributed by atoms with E-state index < -0.39 is 4.92 Å². The molecule has 2 aromatic carbocycles. The van der Waals surface area contributed by atoms with Crippen molar-refractivity contribution in [3.8, 4) is 5.75 Å². The highest BCUT2D eigenvalue weighted by atomic mass is 35.5. The minimum Gasteiger partial charge on any atom is -0.494 e. The largest absolute Gasteiger partial charge is 0.494 e. The number of nitro benzene ring substituents is 1. The Balaban J connectivity index is 2.07. The Kier molecular flexibility index (Phi) is 5.00. The third-order valence-corrected chi connectivity index (χ3v) is 3.17. The topological polar surface area (TPSA) is 64.4 Å². The molecule has 1 N–H and O–H groups in total. The second kappa shape index (κ2) is 6.95. The SMILES string of the molecule is CCOc1cccc(CNc2ccc(Cl)c([N+](=O)[O-])c2)c1. The highest BCUT2D eigenvalue weighted by Crippen LogP contribution is 2.27. The molecule has 0 heterocycles. The van der Waals surface area contributed by atoms with Gasteiger partial charge in [-0.1, -0.05) is 23.7 Å². The Morgan fingerprint density at radius 3 is 2.81 bits per heavy atom. The van der Waals surface area contributed by atoms with E-state index in [0.717, 1.165) is 11.3 Å². The van der Waals surface area contributed by atoms with Crippen molar-refractivity contribution in [1.82, 2.24) is 0 Å². The Bertz CT molecular complexity index is 647. The Morgan fingerprint density at radius 1 is 1.29 bits per heavy atom. The molecule has 5 nitrogen and oxygen atoms in total. The van der Waals surface area contributed by atoms with Crippen molar-refractivity contribution < 1.29 is 9.66 Å². The Morgan fingerprint density at radius 2 is 2.10 bits per heavy atom. The number of nitrogens with one attached hydrogen (secondary N) is 1. The van der Waals surface area contributed by atoms with Gasteiger partial charge in [-0.05, 0) is 36.8 Å². The minimum atomic E-state index is -0.497. The maximum atomic E-state index is 10.8. The summed E-state index contributed by atoms with van der Waals surface area (Å²) >= 11 is 5.78. The highest BCUT2D eigenvalue weighted by molar-refractivity contribution is 6.32. The van der Waals surface area contributed by atoms with E-state index in [2.05, 4.69) is 5.32 Å². The van der Waals surface area contributed by atoms with Crippen molar-refractivity contribution in [2.75, 3.05) is 11.9 Å². The summed E-state index contributed by atoms with van der Waals surface area (Å²) in [6.45, 7) is 3.08. The monoisotopic (exact) mass is 306 g/mol. The Labute approximate surface area is 127 Å². The van der Waals surface area contributed by atoms with Crippen LogP contribution in [0.1, 0.15) is 12.5 Å². The van der Waals surface area contributed by atoms with E-state index in [1.54, 1.807) is 6.07 Å². The van der Waals surface area contributed by atoms with Gasteiger partial charge in [-0.3, -0.25) is 10.1 Å². The van der Waals surface area contributed by atoms with E-state index in [1.807, 2.05) is 31.2 Å². The maximum absolute atomic E-state index is 10.8. The summed E-state index contributed by atoms with van der Waals surface area (Å²) in [4.78, 5) is 10.3. The summed E-state index contributed by atoms with van der Waals surface area (Å²) in [5, 5.41) is 14.1. The number of halogens is 1. The van der Waals surface area contributed by atoms with E-state index in [-0.39, 0.29) is 10.7 Å². The molecule has 0 aliphatic heterocycles. The molecule has 0 atom stereocenters. The number of ether oxygens (including phenoxy) is 1. The second-order valence-electron chi connectivity index (χ2n) is 4.36. The van der Waals surface area contributed by atoms with E-state index >= 15 is 0 Å². The molecule has 0 aliphatic carbocycles. The summed E-state index contributed by atoms with van der Waals surface area (Å²) in [7, 11) is 0. The fraction of sp³-hybridized carbons (Fsp3) is 0.200. The van der Waals surface area contributed by atoms with Crippen LogP contribution >= 0.6 is 11.6 Å². The molecular weight excluding hydrogens is 292 g/mol. The number of anilines is 1. The zero-order valence-corrected chi connectivity index (χ0v) is 12.3.